The van der Waals surface area contributed by atoms with E-state index >= 15 is 0 Å². The van der Waals surface area contributed by atoms with Crippen LogP contribution in [0, 0.1) is 23.7 Å². The molecule has 2 saturated carbocycles. The van der Waals surface area contributed by atoms with Gasteiger partial charge in [-0.25, -0.2) is 0 Å². The number of aliphatic hydroxyl groups excluding tert-OH is 2. The van der Waals surface area contributed by atoms with E-state index in [1.54, 1.807) is 0 Å². The maximum atomic E-state index is 13.3. The number of fused-ring (bicyclic) bond motifs is 1. The van der Waals surface area contributed by atoms with Crippen molar-refractivity contribution in [3.8, 4) is 0 Å². The fraction of sp³-hybridized carbons (Fsp3) is 0.947. The number of carbonyl (C=O) groups excluding carboxylic acids is 1. The van der Waals surface area contributed by atoms with Crippen LogP contribution in [-0.4, -0.2) is 72.1 Å². The number of ether oxygens (including phenoxy) is 1. The quantitative estimate of drug-likeness (QED) is 0.689. The lowest BCUT2D eigenvalue weighted by Gasteiger charge is -2.42. The Kier molecular flexibility index (Phi) is 6.03. The fourth-order valence-corrected chi connectivity index (χ4v) is 5.35. The van der Waals surface area contributed by atoms with E-state index in [0.717, 1.165) is 13.1 Å². The molecule has 2 aliphatic carbocycles. The molecule has 3 rings (SSSR count). The second-order valence-corrected chi connectivity index (χ2v) is 8.17. The van der Waals surface area contributed by atoms with Gasteiger partial charge < -0.3 is 25.2 Å². The van der Waals surface area contributed by atoms with Crippen LogP contribution in [0.2, 0.25) is 0 Å². The summed E-state index contributed by atoms with van der Waals surface area (Å²) in [5.41, 5.74) is 0. The molecule has 0 spiro atoms. The number of nitrogens with zero attached hydrogens (tertiary/aromatic N) is 1. The Hall–Kier alpha value is -0.690. The molecule has 3 aliphatic rings. The Bertz CT molecular complexity index is 474. The smallest absolute Gasteiger partial charge is 0.230 e. The number of nitrogens with one attached hydrogen (secondary N) is 1. The summed E-state index contributed by atoms with van der Waals surface area (Å²) < 4.78 is 5.81. The lowest BCUT2D eigenvalue weighted by atomic mass is 9.75. The normalized spacial score (nSPS) is 44.6. The minimum atomic E-state index is -0.835. The molecule has 1 heterocycles. The van der Waals surface area contributed by atoms with Crippen molar-refractivity contribution in [2.24, 2.45) is 23.7 Å². The summed E-state index contributed by atoms with van der Waals surface area (Å²) in [6.07, 6.45) is 1.95. The van der Waals surface area contributed by atoms with E-state index in [1.165, 1.54) is 19.3 Å². The highest BCUT2D eigenvalue weighted by Gasteiger charge is 2.50. The summed E-state index contributed by atoms with van der Waals surface area (Å²) in [5, 5.41) is 24.1. The van der Waals surface area contributed by atoms with Gasteiger partial charge in [0, 0.05) is 38.1 Å². The number of hydrogen-bond donors (Lipinski definition) is 3. The highest BCUT2D eigenvalue weighted by Crippen LogP contribution is 2.39. The Morgan fingerprint density at radius 1 is 1.24 bits per heavy atom. The predicted octanol–water partition coefficient (Wildman–Crippen LogP) is 0.616. The Morgan fingerprint density at radius 3 is 2.68 bits per heavy atom. The topological polar surface area (TPSA) is 82.0 Å². The highest BCUT2D eigenvalue weighted by atomic mass is 16.5. The molecule has 1 aliphatic heterocycles. The fourth-order valence-electron chi connectivity index (χ4n) is 5.35. The number of carbonyl (C=O) groups is 1. The van der Waals surface area contributed by atoms with Crippen LogP contribution in [-0.2, 0) is 9.53 Å². The van der Waals surface area contributed by atoms with Crippen LogP contribution in [0.5, 0.6) is 0 Å². The van der Waals surface area contributed by atoms with E-state index in [4.69, 9.17) is 4.74 Å². The molecule has 3 fully saturated rings. The zero-order chi connectivity index (χ0) is 18.1. The largest absolute Gasteiger partial charge is 0.393 e. The molecular weight excluding hydrogens is 320 g/mol. The molecule has 0 aromatic heterocycles. The molecule has 0 bridgehead atoms. The van der Waals surface area contributed by atoms with Gasteiger partial charge in [0.25, 0.3) is 0 Å². The first-order valence-corrected chi connectivity index (χ1v) is 9.91. The zero-order valence-electron chi connectivity index (χ0n) is 15.7. The van der Waals surface area contributed by atoms with Gasteiger partial charge in [-0.2, -0.15) is 0 Å². The van der Waals surface area contributed by atoms with E-state index in [-0.39, 0.29) is 18.2 Å². The van der Waals surface area contributed by atoms with E-state index in [0.29, 0.717) is 24.5 Å². The molecule has 8 atom stereocenters. The molecular formula is C19H34N2O4. The number of aliphatic hydroxyl groups is 2. The Balaban J connectivity index is 1.74. The van der Waals surface area contributed by atoms with Crippen LogP contribution >= 0.6 is 0 Å². The third-order valence-electron chi connectivity index (χ3n) is 6.80. The minimum Gasteiger partial charge on any atom is -0.393 e. The third kappa shape index (κ3) is 3.59. The molecule has 6 heteroatoms. The zero-order valence-corrected chi connectivity index (χ0v) is 15.7. The number of amides is 1. The van der Waals surface area contributed by atoms with Crippen LogP contribution < -0.4 is 5.32 Å². The molecule has 0 radical (unpaired) electrons. The van der Waals surface area contributed by atoms with Gasteiger partial charge in [-0.3, -0.25) is 4.79 Å². The van der Waals surface area contributed by atoms with E-state index in [9.17, 15) is 15.0 Å². The average Bonchev–Trinajstić information content (AvgIpc) is 3.03. The average molecular weight is 354 g/mol. The van der Waals surface area contributed by atoms with Crippen LogP contribution in [0.1, 0.15) is 39.5 Å². The first kappa shape index (κ1) is 19.1. The lowest BCUT2D eigenvalue weighted by molar-refractivity contribution is -0.166. The molecule has 25 heavy (non-hydrogen) atoms. The minimum absolute atomic E-state index is 0.00829. The standard InChI is InChI=1S/C19H34N2O4/c1-4-25-18-11(2)15(22)8-16(23)17(18)19(24)21-9-12-6-5-7-14(20-3)13(12)10-21/h11-18,20,22-23H,4-10H2,1-3H3. The molecule has 3 N–H and O–H groups in total. The lowest BCUT2D eigenvalue weighted by Crippen LogP contribution is -2.55. The van der Waals surface area contributed by atoms with Crippen molar-refractivity contribution in [2.75, 3.05) is 26.7 Å². The first-order valence-electron chi connectivity index (χ1n) is 9.91. The van der Waals surface area contributed by atoms with Crippen molar-refractivity contribution < 1.29 is 19.7 Å². The first-order chi connectivity index (χ1) is 12.0. The second kappa shape index (κ2) is 7.91. The molecule has 8 unspecified atom stereocenters. The predicted molar refractivity (Wildman–Crippen MR) is 95.0 cm³/mol. The van der Waals surface area contributed by atoms with Crippen molar-refractivity contribution in [1.29, 1.82) is 0 Å². The van der Waals surface area contributed by atoms with E-state index < -0.39 is 24.2 Å². The van der Waals surface area contributed by atoms with Crippen LogP contribution in [0.15, 0.2) is 0 Å². The van der Waals surface area contributed by atoms with Gasteiger partial charge in [0.1, 0.15) is 0 Å². The van der Waals surface area contributed by atoms with Gasteiger partial charge in [-0.15, -0.1) is 0 Å². The Labute approximate surface area is 150 Å². The summed E-state index contributed by atoms with van der Waals surface area (Å²) in [6, 6.07) is 0.483. The van der Waals surface area contributed by atoms with Crippen molar-refractivity contribution >= 4 is 5.91 Å². The number of rotatable bonds is 4. The summed E-state index contributed by atoms with van der Waals surface area (Å²) in [4.78, 5) is 15.2. The highest BCUT2D eigenvalue weighted by molar-refractivity contribution is 5.80. The molecule has 1 amide bonds. The molecule has 0 aromatic rings. The third-order valence-corrected chi connectivity index (χ3v) is 6.80. The van der Waals surface area contributed by atoms with Gasteiger partial charge >= 0.3 is 0 Å². The molecule has 0 aromatic carbocycles. The second-order valence-electron chi connectivity index (χ2n) is 8.17. The van der Waals surface area contributed by atoms with Crippen molar-refractivity contribution in [1.82, 2.24) is 10.2 Å². The van der Waals surface area contributed by atoms with Gasteiger partial charge in [-0.1, -0.05) is 13.3 Å². The number of likely N-dealkylation sites (tertiary alicyclic amines) is 1. The summed E-state index contributed by atoms with van der Waals surface area (Å²) >= 11 is 0. The van der Waals surface area contributed by atoms with Crippen molar-refractivity contribution in [3.05, 3.63) is 0 Å². The van der Waals surface area contributed by atoms with Gasteiger partial charge in [-0.05, 0) is 38.6 Å². The molecule has 6 nitrogen and oxygen atoms in total. The van der Waals surface area contributed by atoms with Crippen LogP contribution in [0.25, 0.3) is 0 Å². The van der Waals surface area contributed by atoms with Gasteiger partial charge in [0.2, 0.25) is 5.91 Å². The SMILES string of the molecule is CCOC1C(C)C(O)CC(O)C1C(=O)N1CC2CCCC(NC)C2C1. The van der Waals surface area contributed by atoms with Crippen LogP contribution in [0.4, 0.5) is 0 Å². The van der Waals surface area contributed by atoms with E-state index in [2.05, 4.69) is 5.32 Å². The summed E-state index contributed by atoms with van der Waals surface area (Å²) in [5.74, 6) is 0.370. The van der Waals surface area contributed by atoms with E-state index in [1.807, 2.05) is 25.8 Å². The Morgan fingerprint density at radius 2 is 2.00 bits per heavy atom. The van der Waals surface area contributed by atoms with Gasteiger partial charge in [0.15, 0.2) is 0 Å². The van der Waals surface area contributed by atoms with Crippen LogP contribution in [0.3, 0.4) is 0 Å². The maximum Gasteiger partial charge on any atom is 0.230 e. The molecule has 1 saturated heterocycles. The monoisotopic (exact) mass is 354 g/mol. The van der Waals surface area contributed by atoms with Gasteiger partial charge in [0.05, 0.1) is 24.2 Å². The van der Waals surface area contributed by atoms with Crippen molar-refractivity contribution in [2.45, 2.75) is 63.9 Å². The molecule has 144 valence electrons. The summed E-state index contributed by atoms with van der Waals surface area (Å²) in [7, 11) is 2.01. The number of hydrogen-bond acceptors (Lipinski definition) is 5. The van der Waals surface area contributed by atoms with Crippen molar-refractivity contribution in [3.63, 3.8) is 0 Å². The summed E-state index contributed by atoms with van der Waals surface area (Å²) in [6.45, 7) is 5.85. The maximum absolute atomic E-state index is 13.3.